The molecule has 1 N–H and O–H groups in total. The second-order valence-corrected chi connectivity index (χ2v) is 6.27. The number of likely N-dealkylation sites (tertiary alicyclic amines) is 1. The number of aryl methyl sites for hydroxylation is 1. The number of nitrogens with one attached hydrogen (secondary N) is 1. The van der Waals surface area contributed by atoms with E-state index >= 15 is 0 Å². The van der Waals surface area contributed by atoms with Gasteiger partial charge in [-0.15, -0.1) is 0 Å². The smallest absolute Gasteiger partial charge is 0.225 e. The Balaban J connectivity index is 1.61. The molecule has 0 bridgehead atoms. The molecule has 2 fully saturated rings. The van der Waals surface area contributed by atoms with Crippen LogP contribution in [-0.4, -0.2) is 29.3 Å². The number of benzene rings is 1. The maximum absolute atomic E-state index is 12.4. The molecule has 1 aliphatic carbocycles. The number of amides is 2. The van der Waals surface area contributed by atoms with Gasteiger partial charge in [0.15, 0.2) is 0 Å². The van der Waals surface area contributed by atoms with Crippen LogP contribution in [0.25, 0.3) is 0 Å². The number of carbonyl (C=O) groups is 2. The number of nitrogens with zero attached hydrogens (tertiary/aromatic N) is 1. The van der Waals surface area contributed by atoms with Crippen molar-refractivity contribution in [2.75, 3.05) is 6.54 Å². The molecule has 1 aliphatic heterocycles. The summed E-state index contributed by atoms with van der Waals surface area (Å²) in [4.78, 5) is 26.2. The minimum absolute atomic E-state index is 0.00209. The van der Waals surface area contributed by atoms with E-state index in [1.807, 2.05) is 43.0 Å². The third-order valence-electron chi connectivity index (χ3n) is 4.53. The molecule has 2 unspecified atom stereocenters. The highest BCUT2D eigenvalue weighted by molar-refractivity contribution is 5.89. The first-order valence-corrected chi connectivity index (χ1v) is 7.71. The van der Waals surface area contributed by atoms with E-state index in [2.05, 4.69) is 5.32 Å². The average Bonchev–Trinajstić information content (AvgIpc) is 3.22. The summed E-state index contributed by atoms with van der Waals surface area (Å²) < 4.78 is 0. The fraction of sp³-hybridized carbons (Fsp3) is 0.529. The van der Waals surface area contributed by atoms with Crippen LogP contribution in [0.2, 0.25) is 0 Å². The van der Waals surface area contributed by atoms with Crippen molar-refractivity contribution >= 4 is 11.8 Å². The van der Waals surface area contributed by atoms with Gasteiger partial charge >= 0.3 is 0 Å². The Hall–Kier alpha value is -1.84. The molecule has 0 spiro atoms. The molecule has 2 aliphatic rings. The predicted octanol–water partition coefficient (Wildman–Crippen LogP) is 2.18. The van der Waals surface area contributed by atoms with Crippen LogP contribution in [0.3, 0.4) is 0 Å². The SMILES string of the molecule is Cc1ccccc1C(C)NC(=O)C1CC(=O)N(C2CC2)C1. The molecule has 1 aromatic carbocycles. The second-order valence-electron chi connectivity index (χ2n) is 6.27. The zero-order valence-corrected chi connectivity index (χ0v) is 12.6. The summed E-state index contributed by atoms with van der Waals surface area (Å²) in [6.45, 7) is 4.64. The van der Waals surface area contributed by atoms with Gasteiger partial charge in [-0.1, -0.05) is 24.3 Å². The summed E-state index contributed by atoms with van der Waals surface area (Å²) in [5.41, 5.74) is 2.31. The summed E-state index contributed by atoms with van der Waals surface area (Å²) in [5.74, 6) is -0.0481. The lowest BCUT2D eigenvalue weighted by Crippen LogP contribution is -2.35. The first kappa shape index (κ1) is 14.1. The van der Waals surface area contributed by atoms with Crippen molar-refractivity contribution in [2.45, 2.75) is 45.2 Å². The Labute approximate surface area is 125 Å². The Morgan fingerprint density at radius 1 is 1.33 bits per heavy atom. The molecule has 3 rings (SSSR count). The van der Waals surface area contributed by atoms with Gasteiger partial charge in [0.25, 0.3) is 0 Å². The fourth-order valence-electron chi connectivity index (χ4n) is 3.13. The maximum atomic E-state index is 12.4. The molecule has 2 atom stereocenters. The first-order valence-electron chi connectivity index (χ1n) is 7.71. The largest absolute Gasteiger partial charge is 0.349 e. The van der Waals surface area contributed by atoms with Crippen molar-refractivity contribution in [3.05, 3.63) is 35.4 Å². The third kappa shape index (κ3) is 2.94. The zero-order chi connectivity index (χ0) is 15.0. The van der Waals surface area contributed by atoms with E-state index < -0.39 is 0 Å². The molecule has 4 heteroatoms. The minimum atomic E-state index is -0.190. The summed E-state index contributed by atoms with van der Waals surface area (Å²) in [6.07, 6.45) is 2.56. The average molecular weight is 286 g/mol. The Morgan fingerprint density at radius 2 is 2.05 bits per heavy atom. The lowest BCUT2D eigenvalue weighted by atomic mass is 10.0. The van der Waals surface area contributed by atoms with Crippen molar-refractivity contribution in [2.24, 2.45) is 5.92 Å². The quantitative estimate of drug-likeness (QED) is 0.922. The molecule has 0 radical (unpaired) electrons. The van der Waals surface area contributed by atoms with Gasteiger partial charge in [-0.25, -0.2) is 0 Å². The molecule has 1 saturated carbocycles. The van der Waals surface area contributed by atoms with Crippen molar-refractivity contribution in [1.82, 2.24) is 10.2 Å². The highest BCUT2D eigenvalue weighted by Crippen LogP contribution is 2.32. The Kier molecular flexibility index (Phi) is 3.70. The molecule has 21 heavy (non-hydrogen) atoms. The van der Waals surface area contributed by atoms with Gasteiger partial charge in [-0.3, -0.25) is 9.59 Å². The Morgan fingerprint density at radius 3 is 2.71 bits per heavy atom. The molecule has 2 amide bonds. The molecule has 4 nitrogen and oxygen atoms in total. The van der Waals surface area contributed by atoms with E-state index in [-0.39, 0.29) is 23.8 Å². The highest BCUT2D eigenvalue weighted by atomic mass is 16.2. The molecule has 1 saturated heterocycles. The number of rotatable bonds is 4. The van der Waals surface area contributed by atoms with E-state index in [1.54, 1.807) is 0 Å². The van der Waals surface area contributed by atoms with Crippen LogP contribution < -0.4 is 5.32 Å². The topological polar surface area (TPSA) is 49.4 Å². The van der Waals surface area contributed by atoms with Crippen LogP contribution in [0.1, 0.15) is 43.4 Å². The lowest BCUT2D eigenvalue weighted by Gasteiger charge is -2.19. The molecule has 0 aromatic heterocycles. The molecular weight excluding hydrogens is 264 g/mol. The van der Waals surface area contributed by atoms with E-state index in [9.17, 15) is 9.59 Å². The molecular formula is C17H22N2O2. The van der Waals surface area contributed by atoms with Crippen molar-refractivity contribution < 1.29 is 9.59 Å². The monoisotopic (exact) mass is 286 g/mol. The van der Waals surface area contributed by atoms with Crippen LogP contribution in [0.5, 0.6) is 0 Å². The Bertz CT molecular complexity index is 566. The van der Waals surface area contributed by atoms with Crippen molar-refractivity contribution in [3.63, 3.8) is 0 Å². The predicted molar refractivity (Wildman–Crippen MR) is 80.6 cm³/mol. The van der Waals surface area contributed by atoms with Crippen LogP contribution in [0, 0.1) is 12.8 Å². The normalized spacial score (nSPS) is 23.2. The standard InChI is InChI=1S/C17H22N2O2/c1-11-5-3-4-6-15(11)12(2)18-17(21)13-9-16(20)19(10-13)14-7-8-14/h3-6,12-14H,7-10H2,1-2H3,(H,18,21). The van der Waals surface area contributed by atoms with Gasteiger partial charge < -0.3 is 10.2 Å². The number of hydrogen-bond acceptors (Lipinski definition) is 2. The van der Waals surface area contributed by atoms with Gasteiger partial charge in [0.1, 0.15) is 0 Å². The minimum Gasteiger partial charge on any atom is -0.349 e. The zero-order valence-electron chi connectivity index (χ0n) is 12.6. The van der Waals surface area contributed by atoms with E-state index in [1.165, 1.54) is 5.56 Å². The molecule has 1 heterocycles. The van der Waals surface area contributed by atoms with E-state index in [4.69, 9.17) is 0 Å². The number of carbonyl (C=O) groups excluding carboxylic acids is 2. The highest BCUT2D eigenvalue weighted by Gasteiger charge is 2.41. The summed E-state index contributed by atoms with van der Waals surface area (Å²) in [7, 11) is 0. The van der Waals surface area contributed by atoms with Gasteiger partial charge in [0.2, 0.25) is 11.8 Å². The van der Waals surface area contributed by atoms with Crippen molar-refractivity contribution in [1.29, 1.82) is 0 Å². The van der Waals surface area contributed by atoms with Crippen molar-refractivity contribution in [3.8, 4) is 0 Å². The second kappa shape index (κ2) is 5.51. The van der Waals surface area contributed by atoms with E-state index in [0.717, 1.165) is 18.4 Å². The molecule has 1 aromatic rings. The summed E-state index contributed by atoms with van der Waals surface area (Å²) in [5, 5.41) is 3.06. The van der Waals surface area contributed by atoms with Crippen LogP contribution in [0.4, 0.5) is 0 Å². The van der Waals surface area contributed by atoms with Gasteiger partial charge in [0.05, 0.1) is 12.0 Å². The van der Waals surface area contributed by atoms with Crippen LogP contribution in [-0.2, 0) is 9.59 Å². The van der Waals surface area contributed by atoms with Crippen LogP contribution >= 0.6 is 0 Å². The summed E-state index contributed by atoms with van der Waals surface area (Å²) in [6, 6.07) is 8.45. The van der Waals surface area contributed by atoms with Gasteiger partial charge in [-0.05, 0) is 37.8 Å². The summed E-state index contributed by atoms with van der Waals surface area (Å²) >= 11 is 0. The third-order valence-corrected chi connectivity index (χ3v) is 4.53. The van der Waals surface area contributed by atoms with Crippen LogP contribution in [0.15, 0.2) is 24.3 Å². The number of hydrogen-bond donors (Lipinski definition) is 1. The lowest BCUT2D eigenvalue weighted by molar-refractivity contribution is -0.129. The van der Waals surface area contributed by atoms with Gasteiger partial charge in [-0.2, -0.15) is 0 Å². The van der Waals surface area contributed by atoms with E-state index in [0.29, 0.717) is 19.0 Å². The fourth-order valence-corrected chi connectivity index (χ4v) is 3.13. The van der Waals surface area contributed by atoms with Gasteiger partial charge in [0, 0.05) is 19.0 Å². The maximum Gasteiger partial charge on any atom is 0.225 e. The first-order chi connectivity index (χ1) is 10.1. The molecule has 112 valence electrons.